The lowest BCUT2D eigenvalue weighted by Gasteiger charge is -2.06. The van der Waals surface area contributed by atoms with Gasteiger partial charge in [0.15, 0.2) is 7.05 Å². The second-order valence-electron chi connectivity index (χ2n) is 6.05. The lowest BCUT2D eigenvalue weighted by molar-refractivity contribution is -0.769. The van der Waals surface area contributed by atoms with Gasteiger partial charge < -0.3 is 0 Å². The maximum atomic E-state index is 6.22. The van der Waals surface area contributed by atoms with Crippen LogP contribution in [0.4, 0.5) is 0 Å². The van der Waals surface area contributed by atoms with Crippen LogP contribution in [-0.4, -0.2) is 17.5 Å². The molecule has 1 heterocycles. The van der Waals surface area contributed by atoms with Crippen LogP contribution >= 0.6 is 0 Å². The summed E-state index contributed by atoms with van der Waals surface area (Å²) in [6.45, 7) is 0. The summed E-state index contributed by atoms with van der Waals surface area (Å²) < 4.78 is 1.96. The Morgan fingerprint density at radius 2 is 1.55 bits per heavy atom. The number of hydroxylamine groups is 1. The molecule has 0 spiro atoms. The maximum absolute atomic E-state index is 6.22. The molecule has 22 heavy (non-hydrogen) atoms. The molecule has 2 heteroatoms. The number of hydrogen-bond acceptors (Lipinski definition) is 1. The van der Waals surface area contributed by atoms with Crippen LogP contribution < -0.4 is 0 Å². The van der Waals surface area contributed by atoms with Crippen LogP contribution in [0, 0.1) is 0 Å². The third-order valence-corrected chi connectivity index (χ3v) is 4.89. The predicted octanol–water partition coefficient (Wildman–Crippen LogP) is 4.05. The van der Waals surface area contributed by atoms with E-state index in [0.29, 0.717) is 0 Å². The second kappa shape index (κ2) is 4.20. The van der Waals surface area contributed by atoms with Crippen LogP contribution in [0.15, 0.2) is 66.7 Å². The number of nitrogens with zero attached hydrogens (tertiary/aromatic N) is 1. The highest BCUT2D eigenvalue weighted by molar-refractivity contribution is 6.07. The summed E-state index contributed by atoms with van der Waals surface area (Å²) in [5.41, 5.74) is 5.20. The van der Waals surface area contributed by atoms with Crippen molar-refractivity contribution in [3.8, 4) is 0 Å². The van der Waals surface area contributed by atoms with Crippen molar-refractivity contribution < 1.29 is 9.58 Å². The third-order valence-electron chi connectivity index (χ3n) is 4.89. The van der Waals surface area contributed by atoms with Gasteiger partial charge in [0.05, 0.1) is 0 Å². The molecule has 2 nitrogen and oxygen atoms in total. The Kier molecular flexibility index (Phi) is 2.29. The summed E-state index contributed by atoms with van der Waals surface area (Å²) in [6, 6.07) is 23.7. The Balaban J connectivity index is 1.78. The summed E-state index contributed by atoms with van der Waals surface area (Å²) in [4.78, 5) is 6.22. The molecule has 2 atom stereocenters. The standard InChI is InChI=1S/C20H16NO/c1-21-19(14-7-3-2-4-8-14)18-15-11-5-9-13-10-6-12-16(17(13)15)20(18)22-21/h2-12,18,20H,1H3/q+1. The summed E-state index contributed by atoms with van der Waals surface area (Å²) in [7, 11) is 2.02. The van der Waals surface area contributed by atoms with Crippen LogP contribution in [0.5, 0.6) is 0 Å². The normalized spacial score (nSPS) is 22.0. The fourth-order valence-corrected chi connectivity index (χ4v) is 4.04. The van der Waals surface area contributed by atoms with Crippen molar-refractivity contribution in [3.63, 3.8) is 0 Å². The minimum absolute atomic E-state index is 0.0984. The number of rotatable bonds is 1. The van der Waals surface area contributed by atoms with Gasteiger partial charge in [0.2, 0.25) is 11.8 Å². The third kappa shape index (κ3) is 1.42. The predicted molar refractivity (Wildman–Crippen MR) is 87.3 cm³/mol. The molecule has 0 amide bonds. The van der Waals surface area contributed by atoms with Gasteiger partial charge >= 0.3 is 0 Å². The molecule has 0 radical (unpaired) electrons. The van der Waals surface area contributed by atoms with E-state index in [4.69, 9.17) is 4.84 Å². The number of benzene rings is 3. The molecule has 5 rings (SSSR count). The van der Waals surface area contributed by atoms with E-state index in [1.807, 2.05) is 11.8 Å². The van der Waals surface area contributed by atoms with Gasteiger partial charge in [0, 0.05) is 11.1 Å². The van der Waals surface area contributed by atoms with Crippen molar-refractivity contribution in [1.82, 2.24) is 0 Å². The molecule has 0 fully saturated rings. The molecule has 0 bridgehead atoms. The molecule has 3 aromatic rings. The van der Waals surface area contributed by atoms with Crippen molar-refractivity contribution in [2.75, 3.05) is 7.05 Å². The molecular formula is C20H16NO+. The van der Waals surface area contributed by atoms with Crippen molar-refractivity contribution >= 4 is 16.5 Å². The first-order valence-corrected chi connectivity index (χ1v) is 7.69. The molecule has 3 aromatic carbocycles. The fraction of sp³-hybridized carbons (Fsp3) is 0.150. The van der Waals surface area contributed by atoms with Gasteiger partial charge in [-0.25, -0.2) is 0 Å². The van der Waals surface area contributed by atoms with E-state index in [0.717, 1.165) is 0 Å². The van der Waals surface area contributed by atoms with E-state index in [1.54, 1.807) is 0 Å². The quantitative estimate of drug-likeness (QED) is 0.615. The highest BCUT2D eigenvalue weighted by Gasteiger charge is 2.50. The van der Waals surface area contributed by atoms with Crippen LogP contribution in [-0.2, 0) is 4.84 Å². The minimum Gasteiger partial charge on any atom is -0.268 e. The average Bonchev–Trinajstić information content (AvgIpc) is 3.05. The topological polar surface area (TPSA) is 12.2 Å². The van der Waals surface area contributed by atoms with Gasteiger partial charge in [-0.3, -0.25) is 4.84 Å². The smallest absolute Gasteiger partial charge is 0.246 e. The van der Waals surface area contributed by atoms with Crippen molar-refractivity contribution in [2.24, 2.45) is 0 Å². The van der Waals surface area contributed by atoms with Gasteiger partial charge in [0.1, 0.15) is 5.92 Å². The highest BCUT2D eigenvalue weighted by Crippen LogP contribution is 2.51. The Bertz CT molecular complexity index is 922. The van der Waals surface area contributed by atoms with Crippen molar-refractivity contribution in [3.05, 3.63) is 83.4 Å². The van der Waals surface area contributed by atoms with E-state index in [-0.39, 0.29) is 12.0 Å². The summed E-state index contributed by atoms with van der Waals surface area (Å²) >= 11 is 0. The zero-order valence-electron chi connectivity index (χ0n) is 12.4. The lowest BCUT2D eigenvalue weighted by Crippen LogP contribution is -2.16. The number of fused-ring (bicyclic) bond motifs is 3. The van der Waals surface area contributed by atoms with Gasteiger partial charge in [-0.05, 0) is 33.2 Å². The fourth-order valence-electron chi connectivity index (χ4n) is 4.04. The summed E-state index contributed by atoms with van der Waals surface area (Å²) in [5.74, 6) is 0.286. The lowest BCUT2D eigenvalue weighted by atomic mass is 9.89. The van der Waals surface area contributed by atoms with Crippen molar-refractivity contribution in [2.45, 2.75) is 12.0 Å². The van der Waals surface area contributed by atoms with Crippen LogP contribution in [0.3, 0.4) is 0 Å². The summed E-state index contributed by atoms with van der Waals surface area (Å²) in [5, 5.41) is 2.68. The monoisotopic (exact) mass is 286 g/mol. The molecule has 0 saturated carbocycles. The molecule has 0 aromatic heterocycles. The molecule has 106 valence electrons. The van der Waals surface area contributed by atoms with Gasteiger partial charge in [-0.15, -0.1) is 0 Å². The zero-order valence-corrected chi connectivity index (χ0v) is 12.4. The maximum Gasteiger partial charge on any atom is 0.246 e. The van der Waals surface area contributed by atoms with E-state index in [9.17, 15) is 0 Å². The van der Waals surface area contributed by atoms with Crippen LogP contribution in [0.25, 0.3) is 10.8 Å². The van der Waals surface area contributed by atoms with E-state index in [1.165, 1.54) is 33.2 Å². The zero-order chi connectivity index (χ0) is 14.7. The molecule has 0 N–H and O–H groups in total. The Labute approximate surface area is 129 Å². The largest absolute Gasteiger partial charge is 0.268 e. The summed E-state index contributed by atoms with van der Waals surface area (Å²) in [6.07, 6.45) is 0.0984. The average molecular weight is 286 g/mol. The first-order chi connectivity index (χ1) is 10.8. The van der Waals surface area contributed by atoms with Gasteiger partial charge in [-0.2, -0.15) is 0 Å². The van der Waals surface area contributed by atoms with E-state index in [2.05, 4.69) is 66.7 Å². The van der Waals surface area contributed by atoms with Crippen molar-refractivity contribution in [1.29, 1.82) is 0 Å². The first kappa shape index (κ1) is 12.0. The van der Waals surface area contributed by atoms with E-state index >= 15 is 0 Å². The Hall–Kier alpha value is -2.61. The highest BCUT2D eigenvalue weighted by atomic mass is 16.7. The molecule has 0 saturated heterocycles. The van der Waals surface area contributed by atoms with E-state index < -0.39 is 0 Å². The minimum atomic E-state index is 0.0984. The van der Waals surface area contributed by atoms with Gasteiger partial charge in [0.25, 0.3) is 0 Å². The Morgan fingerprint density at radius 1 is 0.818 bits per heavy atom. The Morgan fingerprint density at radius 3 is 2.32 bits per heavy atom. The molecule has 1 aliphatic heterocycles. The molecular weight excluding hydrogens is 270 g/mol. The molecule has 2 aliphatic rings. The SMILES string of the molecule is C[N+]1=C(c2ccccc2)C2c3cccc4cccc(c34)C2O1. The molecule has 2 unspecified atom stereocenters. The number of hydrogen-bond donors (Lipinski definition) is 0. The van der Waals surface area contributed by atoms with Gasteiger partial charge in [-0.1, -0.05) is 54.6 Å². The second-order valence-corrected chi connectivity index (χ2v) is 6.05. The first-order valence-electron chi connectivity index (χ1n) is 7.69. The van der Waals surface area contributed by atoms with Crippen LogP contribution in [0.2, 0.25) is 0 Å². The molecule has 1 aliphatic carbocycles. The van der Waals surface area contributed by atoms with Crippen LogP contribution in [0.1, 0.15) is 28.7 Å².